The van der Waals surface area contributed by atoms with E-state index in [1.165, 1.54) is 10.9 Å². The number of aromatic amines is 1. The highest BCUT2D eigenvalue weighted by molar-refractivity contribution is 7.90. The molecule has 8 heteroatoms. The predicted octanol–water partition coefficient (Wildman–Crippen LogP) is -0.0587. The summed E-state index contributed by atoms with van der Waals surface area (Å²) < 4.78 is 23.6. The Hall–Kier alpha value is -0.760. The van der Waals surface area contributed by atoms with Gasteiger partial charge in [-0.25, -0.2) is 13.1 Å². The van der Waals surface area contributed by atoms with Crippen LogP contribution in [0.15, 0.2) is 0 Å². The van der Waals surface area contributed by atoms with Crippen molar-refractivity contribution in [3.63, 3.8) is 0 Å². The maximum atomic E-state index is 10.9. The maximum absolute atomic E-state index is 10.9. The maximum Gasteiger partial charge on any atom is 0.238 e. The average Bonchev–Trinajstić information content (AvgIpc) is 2.30. The highest BCUT2D eigenvalue weighted by Gasteiger charge is 2.13. The van der Waals surface area contributed by atoms with Gasteiger partial charge in [-0.2, -0.15) is 5.21 Å². The monoisotopic (exact) mass is 222 g/mol. The summed E-state index contributed by atoms with van der Waals surface area (Å²) >= 11 is 4.81. The molecule has 0 spiro atoms. The van der Waals surface area contributed by atoms with Gasteiger partial charge in [0, 0.05) is 6.26 Å². The van der Waals surface area contributed by atoms with Gasteiger partial charge in [-0.1, -0.05) is 10.3 Å². The summed E-state index contributed by atoms with van der Waals surface area (Å²) in [6.07, 6.45) is 1.18. The number of hydrogen-bond donors (Lipinski definition) is 1. The van der Waals surface area contributed by atoms with Gasteiger partial charge in [0.05, 0.1) is 11.8 Å². The van der Waals surface area contributed by atoms with Crippen LogP contribution in [0.2, 0.25) is 0 Å². The van der Waals surface area contributed by atoms with Crippen molar-refractivity contribution in [2.24, 2.45) is 0 Å². The third kappa shape index (κ3) is 2.88. The van der Waals surface area contributed by atoms with Crippen LogP contribution in [-0.4, -0.2) is 40.6 Å². The third-order valence-electron chi connectivity index (χ3n) is 1.48. The summed E-state index contributed by atoms with van der Waals surface area (Å²) in [6, 6.07) is -0.266. The molecule has 1 unspecified atom stereocenters. The molecule has 0 bridgehead atoms. The van der Waals surface area contributed by atoms with Gasteiger partial charge in [0.25, 0.3) is 0 Å². The molecule has 13 heavy (non-hydrogen) atoms. The Morgan fingerprint density at radius 2 is 2.31 bits per heavy atom. The van der Waals surface area contributed by atoms with Gasteiger partial charge in [0.15, 0.2) is 0 Å². The van der Waals surface area contributed by atoms with E-state index in [2.05, 4.69) is 15.5 Å². The molecule has 0 aliphatic carbocycles. The second-order valence-corrected chi connectivity index (χ2v) is 5.44. The molecule has 0 radical (unpaired) electrons. The number of nitrogens with zero attached hydrogens (tertiary/aromatic N) is 3. The number of sulfone groups is 1. The van der Waals surface area contributed by atoms with E-state index in [9.17, 15) is 8.42 Å². The van der Waals surface area contributed by atoms with Gasteiger partial charge < -0.3 is 0 Å². The normalized spacial score (nSPS) is 14.3. The van der Waals surface area contributed by atoms with Gasteiger partial charge in [-0.3, -0.25) is 0 Å². The SMILES string of the molecule is CC(CS(C)(=O)=O)n1[nH]nnc1=S. The predicted molar refractivity (Wildman–Crippen MR) is 49.6 cm³/mol. The number of tetrazole rings is 1. The molecule has 0 amide bonds. The molecule has 1 aromatic rings. The molecule has 0 saturated carbocycles. The van der Waals surface area contributed by atoms with Crippen molar-refractivity contribution in [1.29, 1.82) is 0 Å². The summed E-state index contributed by atoms with van der Waals surface area (Å²) in [4.78, 5) is 0. The summed E-state index contributed by atoms with van der Waals surface area (Å²) in [7, 11) is -3.01. The number of rotatable bonds is 3. The number of H-pyrrole nitrogens is 1. The van der Waals surface area contributed by atoms with Crippen LogP contribution in [0.25, 0.3) is 0 Å². The average molecular weight is 222 g/mol. The van der Waals surface area contributed by atoms with Crippen molar-refractivity contribution in [3.05, 3.63) is 4.77 Å². The van der Waals surface area contributed by atoms with E-state index in [1.54, 1.807) is 6.92 Å². The molecule has 1 atom stereocenters. The van der Waals surface area contributed by atoms with Crippen molar-refractivity contribution in [2.45, 2.75) is 13.0 Å². The Morgan fingerprint density at radius 1 is 1.69 bits per heavy atom. The van der Waals surface area contributed by atoms with Crippen LogP contribution in [-0.2, 0) is 9.84 Å². The van der Waals surface area contributed by atoms with Crippen LogP contribution >= 0.6 is 12.2 Å². The Bertz CT molecular complexity index is 431. The molecular weight excluding hydrogens is 212 g/mol. The van der Waals surface area contributed by atoms with Gasteiger partial charge in [-0.05, 0) is 19.1 Å². The van der Waals surface area contributed by atoms with Crippen molar-refractivity contribution < 1.29 is 8.42 Å². The number of nitrogens with one attached hydrogen (secondary N) is 1. The van der Waals surface area contributed by atoms with E-state index >= 15 is 0 Å². The number of hydrogen-bond acceptors (Lipinski definition) is 5. The molecule has 0 saturated heterocycles. The van der Waals surface area contributed by atoms with E-state index in [0.717, 1.165) is 0 Å². The van der Waals surface area contributed by atoms with E-state index in [0.29, 0.717) is 0 Å². The van der Waals surface area contributed by atoms with Crippen molar-refractivity contribution >= 4 is 22.1 Å². The van der Waals surface area contributed by atoms with Crippen molar-refractivity contribution in [1.82, 2.24) is 20.2 Å². The quantitative estimate of drug-likeness (QED) is 0.725. The van der Waals surface area contributed by atoms with E-state index in [-0.39, 0.29) is 16.6 Å². The highest BCUT2D eigenvalue weighted by Crippen LogP contribution is 2.05. The molecule has 1 N–H and O–H groups in total. The molecule has 1 aromatic heterocycles. The molecule has 1 rings (SSSR count). The molecule has 0 aliphatic heterocycles. The minimum atomic E-state index is -3.01. The fourth-order valence-electron chi connectivity index (χ4n) is 1.00. The molecule has 6 nitrogen and oxygen atoms in total. The first kappa shape index (κ1) is 10.3. The fourth-order valence-corrected chi connectivity index (χ4v) is 2.29. The van der Waals surface area contributed by atoms with Crippen LogP contribution in [0.1, 0.15) is 13.0 Å². The van der Waals surface area contributed by atoms with Gasteiger partial charge in [0.2, 0.25) is 4.77 Å². The largest absolute Gasteiger partial charge is 0.239 e. The Balaban J connectivity index is 2.87. The van der Waals surface area contributed by atoms with Crippen LogP contribution in [0, 0.1) is 4.77 Å². The standard InChI is InChI=1S/C5H10N4O2S2/c1-4(3-13(2,10)11)9-5(12)6-7-8-9/h4H,3H2,1-2H3,(H,6,8,12). The molecule has 0 aliphatic rings. The summed E-state index contributed by atoms with van der Waals surface area (Å²) in [5.41, 5.74) is 0. The van der Waals surface area contributed by atoms with Gasteiger partial charge in [-0.15, -0.1) is 0 Å². The molecule has 74 valence electrons. The van der Waals surface area contributed by atoms with Crippen LogP contribution < -0.4 is 0 Å². The molecule has 1 heterocycles. The second-order valence-electron chi connectivity index (χ2n) is 2.89. The lowest BCUT2D eigenvalue weighted by atomic mass is 10.4. The fraction of sp³-hybridized carbons (Fsp3) is 0.800. The van der Waals surface area contributed by atoms with E-state index < -0.39 is 9.84 Å². The first-order chi connectivity index (χ1) is 5.90. The third-order valence-corrected chi connectivity index (χ3v) is 2.85. The van der Waals surface area contributed by atoms with Crippen LogP contribution in [0.4, 0.5) is 0 Å². The zero-order valence-electron chi connectivity index (χ0n) is 7.26. The Labute approximate surface area is 80.9 Å². The first-order valence-corrected chi connectivity index (χ1v) is 6.04. The number of aromatic nitrogens is 4. The highest BCUT2D eigenvalue weighted by atomic mass is 32.2. The summed E-state index contributed by atoms with van der Waals surface area (Å²) in [5.74, 6) is 0.0190. The van der Waals surface area contributed by atoms with Crippen molar-refractivity contribution in [2.75, 3.05) is 12.0 Å². The molecule has 0 fully saturated rings. The zero-order chi connectivity index (χ0) is 10.1. The van der Waals surface area contributed by atoms with Crippen LogP contribution in [0.3, 0.4) is 0 Å². The smallest absolute Gasteiger partial charge is 0.238 e. The summed E-state index contributed by atoms with van der Waals surface area (Å²) in [6.45, 7) is 1.73. The first-order valence-electron chi connectivity index (χ1n) is 3.57. The Kier molecular flexibility index (Phi) is 2.81. The minimum absolute atomic E-state index is 0.0190. The minimum Gasteiger partial charge on any atom is -0.239 e. The van der Waals surface area contributed by atoms with Crippen molar-refractivity contribution in [3.8, 4) is 0 Å². The Morgan fingerprint density at radius 3 is 2.69 bits per heavy atom. The second kappa shape index (κ2) is 3.54. The lowest BCUT2D eigenvalue weighted by Crippen LogP contribution is -2.17. The van der Waals surface area contributed by atoms with E-state index in [4.69, 9.17) is 12.2 Å². The lowest BCUT2D eigenvalue weighted by Gasteiger charge is -2.09. The van der Waals surface area contributed by atoms with Gasteiger partial charge >= 0.3 is 0 Å². The lowest BCUT2D eigenvalue weighted by molar-refractivity contribution is 0.500. The zero-order valence-corrected chi connectivity index (χ0v) is 8.89. The van der Waals surface area contributed by atoms with Crippen LogP contribution in [0.5, 0.6) is 0 Å². The summed E-state index contributed by atoms with van der Waals surface area (Å²) in [5, 5.41) is 9.52. The molecule has 0 aromatic carbocycles. The molecular formula is C5H10N4O2S2. The topological polar surface area (TPSA) is 80.6 Å². The van der Waals surface area contributed by atoms with E-state index in [1.807, 2.05) is 0 Å². The van der Waals surface area contributed by atoms with Gasteiger partial charge in [0.1, 0.15) is 9.84 Å².